The molecule has 0 radical (unpaired) electrons. The molecule has 0 atom stereocenters. The number of nitrogens with zero attached hydrogens (tertiary/aromatic N) is 1. The van der Waals surface area contributed by atoms with Gasteiger partial charge in [0, 0.05) is 18.8 Å². The van der Waals surface area contributed by atoms with Crippen LogP contribution in [0.3, 0.4) is 0 Å². The summed E-state index contributed by atoms with van der Waals surface area (Å²) >= 11 is 0. The molecule has 0 saturated carbocycles. The lowest BCUT2D eigenvalue weighted by atomic mass is 10.3. The molecule has 0 aliphatic rings. The number of hydrogen-bond donors (Lipinski definition) is 1. The Hall–Kier alpha value is -1.07. The zero-order chi connectivity index (χ0) is 11.5. The van der Waals surface area contributed by atoms with Crippen LogP contribution in [0.2, 0.25) is 0 Å². The molecule has 1 rings (SSSR count). The summed E-state index contributed by atoms with van der Waals surface area (Å²) in [6.45, 7) is 5.78. The molecule has 0 aliphatic heterocycles. The summed E-state index contributed by atoms with van der Waals surface area (Å²) in [7, 11) is -4.08. The van der Waals surface area contributed by atoms with E-state index in [1.165, 1.54) is 12.1 Å². The van der Waals surface area contributed by atoms with Crippen molar-refractivity contribution in [1.82, 2.24) is 0 Å². The molecule has 1 aromatic rings. The van der Waals surface area contributed by atoms with Gasteiger partial charge in [0.1, 0.15) is 0 Å². The van der Waals surface area contributed by atoms with Crippen LogP contribution in [0.5, 0.6) is 0 Å². The van der Waals surface area contributed by atoms with E-state index in [-0.39, 0.29) is 4.90 Å². The predicted octanol–water partition coefficient (Wildman–Crippen LogP) is 1.78. The Morgan fingerprint density at radius 1 is 1.13 bits per heavy atom. The summed E-state index contributed by atoms with van der Waals surface area (Å²) in [4.78, 5) is 2.02. The third-order valence-electron chi connectivity index (χ3n) is 2.26. The van der Waals surface area contributed by atoms with Gasteiger partial charge in [-0.3, -0.25) is 4.55 Å². The third kappa shape index (κ3) is 2.94. The highest BCUT2D eigenvalue weighted by atomic mass is 32.2. The van der Waals surface area contributed by atoms with Gasteiger partial charge in [0.15, 0.2) is 0 Å². The van der Waals surface area contributed by atoms with Crippen LogP contribution in [0.15, 0.2) is 29.2 Å². The second-order valence-corrected chi connectivity index (χ2v) is 4.56. The molecule has 1 N–H and O–H groups in total. The summed E-state index contributed by atoms with van der Waals surface area (Å²) in [5.74, 6) is 0. The van der Waals surface area contributed by atoms with Crippen LogP contribution in [0.1, 0.15) is 13.8 Å². The minimum absolute atomic E-state index is 0.0709. The summed E-state index contributed by atoms with van der Waals surface area (Å²) in [5.41, 5.74) is 0.951. The Balaban J connectivity index is 3.00. The average Bonchev–Trinajstić information content (AvgIpc) is 2.19. The average molecular weight is 229 g/mol. The Kier molecular flexibility index (Phi) is 3.71. The number of benzene rings is 1. The van der Waals surface area contributed by atoms with E-state index < -0.39 is 10.1 Å². The van der Waals surface area contributed by atoms with Crippen molar-refractivity contribution < 1.29 is 13.0 Å². The van der Waals surface area contributed by atoms with Crippen molar-refractivity contribution in [1.29, 1.82) is 0 Å². The van der Waals surface area contributed by atoms with Crippen LogP contribution in [0, 0.1) is 0 Å². The second kappa shape index (κ2) is 4.63. The van der Waals surface area contributed by atoms with Crippen LogP contribution in [0.25, 0.3) is 0 Å². The van der Waals surface area contributed by atoms with Crippen LogP contribution in [-0.2, 0) is 10.1 Å². The number of hydrogen-bond acceptors (Lipinski definition) is 3. The van der Waals surface area contributed by atoms with E-state index >= 15 is 0 Å². The number of rotatable bonds is 4. The van der Waals surface area contributed by atoms with Crippen molar-refractivity contribution in [3.05, 3.63) is 24.3 Å². The van der Waals surface area contributed by atoms with Gasteiger partial charge in [-0.2, -0.15) is 8.42 Å². The van der Waals surface area contributed by atoms with Crippen LogP contribution < -0.4 is 4.90 Å². The maximum atomic E-state index is 10.8. The van der Waals surface area contributed by atoms with Gasteiger partial charge in [-0.15, -0.1) is 0 Å². The molecular weight excluding hydrogens is 214 g/mol. The van der Waals surface area contributed by atoms with Crippen molar-refractivity contribution in [2.75, 3.05) is 18.0 Å². The van der Waals surface area contributed by atoms with Crippen molar-refractivity contribution >= 4 is 15.8 Å². The lowest BCUT2D eigenvalue weighted by molar-refractivity contribution is 0.483. The lowest BCUT2D eigenvalue weighted by Gasteiger charge is -2.20. The largest absolute Gasteiger partial charge is 0.372 e. The molecule has 1 aromatic carbocycles. The smallest absolute Gasteiger partial charge is 0.294 e. The Bertz CT molecular complexity index is 407. The standard InChI is InChI=1S/C10H15NO3S/c1-3-11(4-2)9-5-7-10(8-6-9)15(12,13)14/h5-8H,3-4H2,1-2H3,(H,12,13,14). The lowest BCUT2D eigenvalue weighted by Crippen LogP contribution is -2.21. The first-order valence-electron chi connectivity index (χ1n) is 4.81. The maximum absolute atomic E-state index is 10.8. The van der Waals surface area contributed by atoms with E-state index in [0.29, 0.717) is 0 Å². The Morgan fingerprint density at radius 3 is 1.93 bits per heavy atom. The van der Waals surface area contributed by atoms with Gasteiger partial charge in [-0.25, -0.2) is 0 Å². The second-order valence-electron chi connectivity index (χ2n) is 3.14. The van der Waals surface area contributed by atoms with Crippen LogP contribution in [-0.4, -0.2) is 26.1 Å². The van der Waals surface area contributed by atoms with Gasteiger partial charge in [-0.1, -0.05) is 0 Å². The fourth-order valence-corrected chi connectivity index (χ4v) is 1.90. The highest BCUT2D eigenvalue weighted by molar-refractivity contribution is 7.85. The molecule has 0 amide bonds. The summed E-state index contributed by atoms with van der Waals surface area (Å²) in [6.07, 6.45) is 0. The molecule has 0 fully saturated rings. The summed E-state index contributed by atoms with van der Waals surface area (Å²) in [6, 6.07) is 6.19. The minimum atomic E-state index is -4.08. The highest BCUT2D eigenvalue weighted by Gasteiger charge is 2.09. The molecule has 0 aromatic heterocycles. The Morgan fingerprint density at radius 2 is 1.60 bits per heavy atom. The molecule has 0 unspecified atom stereocenters. The van der Waals surface area contributed by atoms with E-state index in [9.17, 15) is 8.42 Å². The van der Waals surface area contributed by atoms with Crippen molar-refractivity contribution in [2.24, 2.45) is 0 Å². The quantitative estimate of drug-likeness (QED) is 0.799. The van der Waals surface area contributed by atoms with Gasteiger partial charge in [0.25, 0.3) is 10.1 Å². The normalized spacial score (nSPS) is 11.4. The van der Waals surface area contributed by atoms with E-state index in [4.69, 9.17) is 4.55 Å². The zero-order valence-corrected chi connectivity index (χ0v) is 9.66. The van der Waals surface area contributed by atoms with Gasteiger partial charge < -0.3 is 4.90 Å². The molecule has 0 aliphatic carbocycles. The van der Waals surface area contributed by atoms with E-state index in [1.807, 2.05) is 13.8 Å². The van der Waals surface area contributed by atoms with Gasteiger partial charge in [-0.05, 0) is 38.1 Å². The van der Waals surface area contributed by atoms with E-state index in [2.05, 4.69) is 4.90 Å². The first-order chi connectivity index (χ1) is 6.99. The fraction of sp³-hybridized carbons (Fsp3) is 0.400. The van der Waals surface area contributed by atoms with Crippen molar-refractivity contribution in [3.63, 3.8) is 0 Å². The fourth-order valence-electron chi connectivity index (χ4n) is 1.42. The Labute approximate surface area is 90.3 Å². The highest BCUT2D eigenvalue weighted by Crippen LogP contribution is 2.17. The van der Waals surface area contributed by atoms with Crippen molar-refractivity contribution in [2.45, 2.75) is 18.7 Å². The molecular formula is C10H15NO3S. The van der Waals surface area contributed by atoms with Crippen molar-refractivity contribution in [3.8, 4) is 0 Å². The summed E-state index contributed by atoms with van der Waals surface area (Å²) < 4.78 is 30.4. The third-order valence-corrected chi connectivity index (χ3v) is 3.13. The SMILES string of the molecule is CCN(CC)c1ccc(S(=O)(=O)O)cc1. The van der Waals surface area contributed by atoms with Crippen LogP contribution in [0.4, 0.5) is 5.69 Å². The molecule has 0 saturated heterocycles. The molecule has 5 heteroatoms. The molecule has 84 valence electrons. The molecule has 0 spiro atoms. The molecule has 15 heavy (non-hydrogen) atoms. The minimum Gasteiger partial charge on any atom is -0.372 e. The first kappa shape index (κ1) is 12.0. The molecule has 0 bridgehead atoms. The first-order valence-corrected chi connectivity index (χ1v) is 6.25. The molecule has 0 heterocycles. The topological polar surface area (TPSA) is 57.6 Å². The maximum Gasteiger partial charge on any atom is 0.294 e. The summed E-state index contributed by atoms with van der Waals surface area (Å²) in [5, 5.41) is 0. The van der Waals surface area contributed by atoms with Gasteiger partial charge >= 0.3 is 0 Å². The van der Waals surface area contributed by atoms with Crippen LogP contribution >= 0.6 is 0 Å². The van der Waals surface area contributed by atoms with E-state index in [1.54, 1.807) is 12.1 Å². The van der Waals surface area contributed by atoms with Gasteiger partial charge in [0.2, 0.25) is 0 Å². The monoisotopic (exact) mass is 229 g/mol. The molecule has 4 nitrogen and oxygen atoms in total. The zero-order valence-electron chi connectivity index (χ0n) is 8.84. The predicted molar refractivity (Wildman–Crippen MR) is 59.8 cm³/mol. The van der Waals surface area contributed by atoms with E-state index in [0.717, 1.165) is 18.8 Å². The number of anilines is 1. The van der Waals surface area contributed by atoms with Gasteiger partial charge in [0.05, 0.1) is 4.90 Å².